The van der Waals surface area contributed by atoms with E-state index in [9.17, 15) is 38.9 Å². The second kappa shape index (κ2) is 17.7. The molecule has 5 aromatic rings. The maximum absolute atomic E-state index is 12.8. The first-order chi connectivity index (χ1) is 27.5. The van der Waals surface area contributed by atoms with E-state index < -0.39 is 47.8 Å². The minimum absolute atomic E-state index is 0.116. The Bertz CT molecular complexity index is 2540. The standard InChI is InChI=1S/C43H52N4O9S3/c1-27-25-29(3)42(31(5)40(27)44)46(21-9-23-57(48,49)50)35-17-13-33(14-18-35)39(37-11-7-8-12-38(37)59(54,55)56)34-15-19-36(20-16-34)47(22-10-24-58(51,52)53)43-30(4)26-28(2)41(45)32(43)6/h7-8,11-20,25-26,39H,9-10,21-24,44-45H2,1-6H3,(H,48,49,50)(H,51,52,53)(H,54,55,56). The maximum Gasteiger partial charge on any atom is 0.294 e. The van der Waals surface area contributed by atoms with Gasteiger partial charge in [-0.15, -0.1) is 0 Å². The van der Waals surface area contributed by atoms with Crippen LogP contribution in [0.25, 0.3) is 0 Å². The van der Waals surface area contributed by atoms with E-state index in [0.717, 1.165) is 44.8 Å². The summed E-state index contributed by atoms with van der Waals surface area (Å²) in [5, 5.41) is 0. The molecule has 0 aromatic heterocycles. The van der Waals surface area contributed by atoms with Crippen LogP contribution >= 0.6 is 0 Å². The molecule has 0 amide bonds. The largest absolute Gasteiger partial charge is 0.398 e. The number of nitrogens with zero attached hydrogens (tertiary/aromatic N) is 2. The zero-order chi connectivity index (χ0) is 43.6. The van der Waals surface area contributed by atoms with Gasteiger partial charge in [-0.05, 0) is 135 Å². The molecule has 0 aliphatic carbocycles. The van der Waals surface area contributed by atoms with Crippen LogP contribution in [0.3, 0.4) is 0 Å². The van der Waals surface area contributed by atoms with Crippen molar-refractivity contribution in [2.24, 2.45) is 0 Å². The number of nitrogen functional groups attached to an aromatic ring is 2. The van der Waals surface area contributed by atoms with Crippen LogP contribution in [0.5, 0.6) is 0 Å². The second-order valence-electron chi connectivity index (χ2n) is 15.0. The molecular weight excluding hydrogens is 813 g/mol. The third kappa shape index (κ3) is 10.6. The topological polar surface area (TPSA) is 222 Å². The average Bonchev–Trinajstić information content (AvgIpc) is 3.14. The molecule has 0 atom stereocenters. The summed E-state index contributed by atoms with van der Waals surface area (Å²) >= 11 is 0. The van der Waals surface area contributed by atoms with Gasteiger partial charge in [0, 0.05) is 53.1 Å². The van der Waals surface area contributed by atoms with E-state index in [1.807, 2.05) is 112 Å². The number of hydrogen-bond acceptors (Lipinski definition) is 10. The molecule has 5 aromatic carbocycles. The highest BCUT2D eigenvalue weighted by Gasteiger charge is 2.27. The molecule has 0 fully saturated rings. The SMILES string of the molecule is Cc1cc(C)c(N(CCCS(=O)(=O)O)c2ccc(C(c3ccc(N(CCCS(=O)(=O)O)c4c(C)cc(C)c(N)c4C)cc3)c3ccccc3S(=O)(=O)O)cc2)c(C)c1N. The van der Waals surface area contributed by atoms with Crippen molar-refractivity contribution in [2.75, 3.05) is 45.9 Å². The first-order valence-corrected chi connectivity index (χ1v) is 23.6. The minimum Gasteiger partial charge on any atom is -0.398 e. The molecule has 0 aliphatic rings. The number of nitrogens with two attached hydrogens (primary N) is 2. The molecule has 16 heteroatoms. The van der Waals surface area contributed by atoms with Crippen LogP contribution in [0.15, 0.2) is 89.8 Å². The highest BCUT2D eigenvalue weighted by Crippen LogP contribution is 2.41. The summed E-state index contributed by atoms with van der Waals surface area (Å²) < 4.78 is 102. The molecule has 316 valence electrons. The summed E-state index contributed by atoms with van der Waals surface area (Å²) in [4.78, 5) is 3.63. The van der Waals surface area contributed by atoms with Crippen LogP contribution in [0.4, 0.5) is 34.1 Å². The molecule has 13 nitrogen and oxygen atoms in total. The van der Waals surface area contributed by atoms with Gasteiger partial charge < -0.3 is 21.3 Å². The van der Waals surface area contributed by atoms with Crippen molar-refractivity contribution < 1.29 is 38.9 Å². The number of hydrogen-bond donors (Lipinski definition) is 5. The summed E-state index contributed by atoms with van der Waals surface area (Å²) in [6.07, 6.45) is 0.232. The Kier molecular flexibility index (Phi) is 13.5. The lowest BCUT2D eigenvalue weighted by molar-refractivity contribution is 0.479. The summed E-state index contributed by atoms with van der Waals surface area (Å²) in [5.74, 6) is -1.60. The van der Waals surface area contributed by atoms with Crippen LogP contribution in [0.2, 0.25) is 0 Å². The minimum atomic E-state index is -4.67. The summed E-state index contributed by atoms with van der Waals surface area (Å²) in [5.41, 5.74) is 24.0. The average molecular weight is 865 g/mol. The third-order valence-electron chi connectivity index (χ3n) is 10.7. The molecule has 0 aliphatic heterocycles. The fourth-order valence-corrected chi connectivity index (χ4v) is 9.68. The van der Waals surface area contributed by atoms with Crippen molar-refractivity contribution in [3.63, 3.8) is 0 Å². The smallest absolute Gasteiger partial charge is 0.294 e. The highest BCUT2D eigenvalue weighted by atomic mass is 32.2. The van der Waals surface area contributed by atoms with E-state index in [-0.39, 0.29) is 30.8 Å². The number of benzene rings is 5. The molecule has 0 bridgehead atoms. The van der Waals surface area contributed by atoms with E-state index in [2.05, 4.69) is 0 Å². The van der Waals surface area contributed by atoms with Gasteiger partial charge in [0.15, 0.2) is 0 Å². The van der Waals surface area contributed by atoms with Crippen molar-refractivity contribution in [1.82, 2.24) is 0 Å². The Hall–Kier alpha value is -4.97. The third-order valence-corrected chi connectivity index (χ3v) is 13.2. The first kappa shape index (κ1) is 45.1. The molecule has 59 heavy (non-hydrogen) atoms. The van der Waals surface area contributed by atoms with Crippen molar-refractivity contribution in [3.05, 3.63) is 135 Å². The van der Waals surface area contributed by atoms with Gasteiger partial charge in [-0.25, -0.2) is 0 Å². The highest BCUT2D eigenvalue weighted by molar-refractivity contribution is 7.86. The normalized spacial score (nSPS) is 12.2. The molecule has 0 heterocycles. The van der Waals surface area contributed by atoms with Gasteiger partial charge in [0.05, 0.1) is 16.4 Å². The van der Waals surface area contributed by atoms with Gasteiger partial charge >= 0.3 is 0 Å². The van der Waals surface area contributed by atoms with Gasteiger partial charge in [-0.2, -0.15) is 25.3 Å². The molecule has 0 saturated heterocycles. The maximum atomic E-state index is 12.8. The predicted molar refractivity (Wildman–Crippen MR) is 236 cm³/mol. The molecule has 0 spiro atoms. The lowest BCUT2D eigenvalue weighted by Crippen LogP contribution is -2.23. The first-order valence-electron chi connectivity index (χ1n) is 18.9. The van der Waals surface area contributed by atoms with E-state index in [4.69, 9.17) is 11.5 Å². The fraction of sp³-hybridized carbons (Fsp3) is 0.302. The fourth-order valence-electron chi connectivity index (χ4n) is 7.96. The van der Waals surface area contributed by atoms with E-state index in [1.54, 1.807) is 12.1 Å². The van der Waals surface area contributed by atoms with Crippen LogP contribution < -0.4 is 21.3 Å². The van der Waals surface area contributed by atoms with Crippen molar-refractivity contribution >= 4 is 64.5 Å². The van der Waals surface area contributed by atoms with Gasteiger partial charge in [-0.3, -0.25) is 13.7 Å². The van der Waals surface area contributed by atoms with Gasteiger partial charge in [-0.1, -0.05) is 54.6 Å². The van der Waals surface area contributed by atoms with E-state index >= 15 is 0 Å². The van der Waals surface area contributed by atoms with Gasteiger partial charge in [0.1, 0.15) is 0 Å². The van der Waals surface area contributed by atoms with Crippen molar-refractivity contribution in [1.29, 1.82) is 0 Å². The van der Waals surface area contributed by atoms with Crippen molar-refractivity contribution in [2.45, 2.75) is 65.2 Å². The summed E-state index contributed by atoms with van der Waals surface area (Å²) in [6, 6.07) is 24.9. The molecule has 7 N–H and O–H groups in total. The molecular formula is C43H52N4O9S3. The van der Waals surface area contributed by atoms with Crippen LogP contribution in [0, 0.1) is 41.5 Å². The van der Waals surface area contributed by atoms with E-state index in [0.29, 0.717) is 39.4 Å². The van der Waals surface area contributed by atoms with E-state index in [1.165, 1.54) is 12.1 Å². The second-order valence-corrected chi connectivity index (χ2v) is 19.5. The monoisotopic (exact) mass is 864 g/mol. The molecule has 0 saturated carbocycles. The molecule has 0 unspecified atom stereocenters. The number of rotatable bonds is 16. The molecule has 5 rings (SSSR count). The summed E-state index contributed by atoms with van der Waals surface area (Å²) in [7, 11) is -13.1. The Labute approximate surface area is 347 Å². The Morgan fingerprint density at radius 2 is 0.915 bits per heavy atom. The lowest BCUT2D eigenvalue weighted by Gasteiger charge is -2.31. The zero-order valence-corrected chi connectivity index (χ0v) is 36.4. The van der Waals surface area contributed by atoms with Gasteiger partial charge in [0.25, 0.3) is 30.4 Å². The quantitative estimate of drug-likeness (QED) is 0.0361. The van der Waals surface area contributed by atoms with Crippen LogP contribution in [-0.2, 0) is 30.4 Å². The number of anilines is 6. The Morgan fingerprint density at radius 1 is 0.542 bits per heavy atom. The summed E-state index contributed by atoms with van der Waals surface area (Å²) in [6.45, 7) is 12.0. The Morgan fingerprint density at radius 3 is 1.27 bits per heavy atom. The molecule has 0 radical (unpaired) electrons. The zero-order valence-electron chi connectivity index (χ0n) is 34.0. The van der Waals surface area contributed by atoms with Crippen LogP contribution in [0.1, 0.15) is 68.8 Å². The van der Waals surface area contributed by atoms with Gasteiger partial charge in [0.2, 0.25) is 0 Å². The van der Waals surface area contributed by atoms with Crippen molar-refractivity contribution in [3.8, 4) is 0 Å². The lowest BCUT2D eigenvalue weighted by atomic mass is 9.85. The Balaban J connectivity index is 1.65. The number of aryl methyl sites for hydroxylation is 4. The predicted octanol–water partition coefficient (Wildman–Crippen LogP) is 7.96. The van der Waals surface area contributed by atoms with Crippen LogP contribution in [-0.4, -0.2) is 63.5 Å².